The van der Waals surface area contributed by atoms with E-state index in [4.69, 9.17) is 4.98 Å². The minimum atomic E-state index is -0.107. The van der Waals surface area contributed by atoms with Crippen LogP contribution in [0.15, 0.2) is 30.5 Å². The molecule has 120 valence electrons. The van der Waals surface area contributed by atoms with Crippen LogP contribution in [0.2, 0.25) is 0 Å². The van der Waals surface area contributed by atoms with Crippen LogP contribution in [0.1, 0.15) is 23.7 Å². The van der Waals surface area contributed by atoms with Gasteiger partial charge in [-0.25, -0.2) is 15.0 Å². The summed E-state index contributed by atoms with van der Waals surface area (Å²) in [6, 6.07) is 8.11. The number of carbonyl (C=O) groups is 1. The van der Waals surface area contributed by atoms with E-state index in [1.54, 1.807) is 0 Å². The van der Waals surface area contributed by atoms with Crippen LogP contribution in [-0.4, -0.2) is 20.9 Å². The quantitative estimate of drug-likeness (QED) is 0.776. The van der Waals surface area contributed by atoms with Gasteiger partial charge in [0.05, 0.1) is 16.3 Å². The summed E-state index contributed by atoms with van der Waals surface area (Å²) in [5, 5.41) is 3.41. The normalized spacial score (nSPS) is 12.4. The Morgan fingerprint density at radius 3 is 2.83 bits per heavy atom. The lowest BCUT2D eigenvalue weighted by atomic mass is 9.99. The fraction of sp³-hybridized carbons (Fsp3) is 0.222. The zero-order valence-electron chi connectivity index (χ0n) is 13.5. The maximum Gasteiger partial charge on any atom is 0.223 e. The van der Waals surface area contributed by atoms with Crippen molar-refractivity contribution < 1.29 is 4.79 Å². The molecule has 1 N–H and O–H groups in total. The fourth-order valence-corrected chi connectivity index (χ4v) is 3.99. The van der Waals surface area contributed by atoms with E-state index in [0.29, 0.717) is 5.13 Å². The first-order valence-electron chi connectivity index (χ1n) is 7.81. The number of thiazole rings is 1. The molecule has 1 aromatic carbocycles. The van der Waals surface area contributed by atoms with Crippen molar-refractivity contribution in [2.45, 2.75) is 26.7 Å². The number of amides is 1. The number of benzene rings is 1. The lowest BCUT2D eigenvalue weighted by Gasteiger charge is -2.15. The molecule has 6 heteroatoms. The SMILES string of the molecule is CC(=O)Nc1nc2c(s1)-c1nc(-c3ccccc3C)ncc1CC2. The lowest BCUT2D eigenvalue weighted by molar-refractivity contribution is -0.114. The topological polar surface area (TPSA) is 67.8 Å². The highest BCUT2D eigenvalue weighted by atomic mass is 32.1. The van der Waals surface area contributed by atoms with Gasteiger partial charge in [0.2, 0.25) is 5.91 Å². The molecule has 0 unspecified atom stereocenters. The summed E-state index contributed by atoms with van der Waals surface area (Å²) in [5.41, 5.74) is 5.28. The van der Waals surface area contributed by atoms with Crippen molar-refractivity contribution in [3.05, 3.63) is 47.3 Å². The maximum atomic E-state index is 11.3. The van der Waals surface area contributed by atoms with Gasteiger partial charge in [0.15, 0.2) is 11.0 Å². The molecule has 0 saturated carbocycles. The van der Waals surface area contributed by atoms with Gasteiger partial charge in [-0.2, -0.15) is 0 Å². The van der Waals surface area contributed by atoms with E-state index >= 15 is 0 Å². The van der Waals surface area contributed by atoms with Crippen LogP contribution in [0.4, 0.5) is 5.13 Å². The zero-order valence-corrected chi connectivity index (χ0v) is 14.3. The van der Waals surface area contributed by atoms with Crippen molar-refractivity contribution in [3.63, 3.8) is 0 Å². The summed E-state index contributed by atoms with van der Waals surface area (Å²) in [6.07, 6.45) is 3.65. The Balaban J connectivity index is 1.81. The summed E-state index contributed by atoms with van der Waals surface area (Å²) < 4.78 is 0. The maximum absolute atomic E-state index is 11.3. The molecule has 3 aromatic rings. The number of carbonyl (C=O) groups excluding carboxylic acids is 1. The van der Waals surface area contributed by atoms with E-state index in [2.05, 4.69) is 28.3 Å². The van der Waals surface area contributed by atoms with Crippen LogP contribution >= 0.6 is 11.3 Å². The summed E-state index contributed by atoms with van der Waals surface area (Å²) in [4.78, 5) is 26.2. The van der Waals surface area contributed by atoms with Crippen molar-refractivity contribution in [1.82, 2.24) is 15.0 Å². The number of nitrogens with one attached hydrogen (secondary N) is 1. The minimum absolute atomic E-state index is 0.107. The average Bonchev–Trinajstić information content (AvgIpc) is 2.97. The smallest absolute Gasteiger partial charge is 0.223 e. The van der Waals surface area contributed by atoms with Crippen LogP contribution in [-0.2, 0) is 17.6 Å². The highest BCUT2D eigenvalue weighted by molar-refractivity contribution is 7.19. The molecule has 0 saturated heterocycles. The first kappa shape index (κ1) is 15.0. The molecular formula is C18H16N4OS. The Morgan fingerprint density at radius 2 is 2.04 bits per heavy atom. The number of fused-ring (bicyclic) bond motifs is 3. The number of anilines is 1. The molecule has 4 rings (SSSR count). The van der Waals surface area contributed by atoms with E-state index in [1.165, 1.54) is 18.3 Å². The number of hydrogen-bond acceptors (Lipinski definition) is 5. The Morgan fingerprint density at radius 1 is 1.21 bits per heavy atom. The third-order valence-corrected chi connectivity index (χ3v) is 5.10. The van der Waals surface area contributed by atoms with Crippen LogP contribution < -0.4 is 5.32 Å². The molecular weight excluding hydrogens is 320 g/mol. The molecule has 2 aromatic heterocycles. The Labute approximate surface area is 143 Å². The number of hydrogen-bond donors (Lipinski definition) is 1. The van der Waals surface area contributed by atoms with Gasteiger partial charge in [-0.3, -0.25) is 4.79 Å². The van der Waals surface area contributed by atoms with E-state index in [-0.39, 0.29) is 5.91 Å². The second kappa shape index (κ2) is 5.79. The highest BCUT2D eigenvalue weighted by Crippen LogP contribution is 2.39. The van der Waals surface area contributed by atoms with Crippen molar-refractivity contribution in [1.29, 1.82) is 0 Å². The number of aryl methyl sites for hydroxylation is 3. The molecule has 0 atom stereocenters. The Bertz CT molecular complexity index is 948. The van der Waals surface area contributed by atoms with Crippen molar-refractivity contribution in [2.75, 3.05) is 5.32 Å². The number of rotatable bonds is 2. The second-order valence-corrected chi connectivity index (χ2v) is 6.86. The average molecular weight is 336 g/mol. The molecule has 1 aliphatic rings. The summed E-state index contributed by atoms with van der Waals surface area (Å²) in [6.45, 7) is 3.55. The van der Waals surface area contributed by atoms with Crippen molar-refractivity contribution in [2.24, 2.45) is 0 Å². The molecule has 2 heterocycles. The van der Waals surface area contributed by atoms with Gasteiger partial charge in [0, 0.05) is 18.7 Å². The Hall–Kier alpha value is -2.60. The van der Waals surface area contributed by atoms with Gasteiger partial charge >= 0.3 is 0 Å². The zero-order chi connectivity index (χ0) is 16.7. The third-order valence-electron chi connectivity index (χ3n) is 4.08. The monoisotopic (exact) mass is 336 g/mol. The highest BCUT2D eigenvalue weighted by Gasteiger charge is 2.23. The van der Waals surface area contributed by atoms with Gasteiger partial charge in [0.25, 0.3) is 0 Å². The molecule has 0 aliphatic heterocycles. The molecule has 5 nitrogen and oxygen atoms in total. The van der Waals surface area contributed by atoms with Crippen LogP contribution in [0.25, 0.3) is 22.0 Å². The molecule has 0 spiro atoms. The second-order valence-electron chi connectivity index (χ2n) is 5.86. The summed E-state index contributed by atoms with van der Waals surface area (Å²) in [7, 11) is 0. The molecule has 1 amide bonds. The van der Waals surface area contributed by atoms with Crippen molar-refractivity contribution >= 4 is 22.4 Å². The number of aromatic nitrogens is 3. The largest absolute Gasteiger partial charge is 0.302 e. The van der Waals surface area contributed by atoms with Gasteiger partial charge in [-0.05, 0) is 30.9 Å². The third kappa shape index (κ3) is 2.59. The number of nitrogens with zero attached hydrogens (tertiary/aromatic N) is 3. The van der Waals surface area contributed by atoms with Crippen LogP contribution in [0.3, 0.4) is 0 Å². The molecule has 1 aliphatic carbocycles. The Kier molecular flexibility index (Phi) is 3.61. The minimum Gasteiger partial charge on any atom is -0.302 e. The summed E-state index contributed by atoms with van der Waals surface area (Å²) in [5.74, 6) is 0.624. The van der Waals surface area contributed by atoms with Gasteiger partial charge in [0.1, 0.15) is 0 Å². The first-order chi connectivity index (χ1) is 11.6. The lowest BCUT2D eigenvalue weighted by Crippen LogP contribution is -2.07. The van der Waals surface area contributed by atoms with Gasteiger partial charge in [-0.15, -0.1) is 0 Å². The van der Waals surface area contributed by atoms with Gasteiger partial charge < -0.3 is 5.32 Å². The predicted octanol–water partition coefficient (Wildman–Crippen LogP) is 3.63. The molecule has 24 heavy (non-hydrogen) atoms. The fourth-order valence-electron chi connectivity index (χ4n) is 2.90. The van der Waals surface area contributed by atoms with E-state index in [0.717, 1.165) is 51.6 Å². The van der Waals surface area contributed by atoms with Crippen molar-refractivity contribution in [3.8, 4) is 22.0 Å². The molecule has 0 bridgehead atoms. The van der Waals surface area contributed by atoms with E-state index < -0.39 is 0 Å². The standard InChI is InChI=1S/C18H16N4OS/c1-10-5-3-4-6-13(10)17-19-9-12-7-8-14-16(15(12)22-17)24-18(21-14)20-11(2)23/h3-6,9H,7-8H2,1-2H3,(H,20,21,23). The predicted molar refractivity (Wildman–Crippen MR) is 95.0 cm³/mol. The van der Waals surface area contributed by atoms with E-state index in [9.17, 15) is 4.79 Å². The van der Waals surface area contributed by atoms with Crippen LogP contribution in [0.5, 0.6) is 0 Å². The van der Waals surface area contributed by atoms with Crippen LogP contribution in [0, 0.1) is 6.92 Å². The van der Waals surface area contributed by atoms with E-state index in [1.807, 2.05) is 24.4 Å². The first-order valence-corrected chi connectivity index (χ1v) is 8.63. The van der Waals surface area contributed by atoms with Gasteiger partial charge in [-0.1, -0.05) is 35.6 Å². The summed E-state index contributed by atoms with van der Waals surface area (Å²) >= 11 is 1.48. The molecule has 0 fully saturated rings. The molecule has 0 radical (unpaired) electrons.